The third-order valence-electron chi connectivity index (χ3n) is 4.17. The minimum atomic E-state index is -3.13. The van der Waals surface area contributed by atoms with Crippen LogP contribution in [0.4, 0.5) is 0 Å². The highest BCUT2D eigenvalue weighted by Crippen LogP contribution is 2.16. The van der Waals surface area contributed by atoms with Crippen molar-refractivity contribution in [1.82, 2.24) is 24.7 Å². The molecule has 0 saturated carbocycles. The van der Waals surface area contributed by atoms with E-state index >= 15 is 0 Å². The Morgan fingerprint density at radius 3 is 2.83 bits per heavy atom. The molecule has 0 saturated heterocycles. The van der Waals surface area contributed by atoms with Gasteiger partial charge in [0.25, 0.3) is 0 Å². The molecule has 2 rings (SSSR count). The van der Waals surface area contributed by atoms with Crippen molar-refractivity contribution in [2.45, 2.75) is 18.7 Å². The molecule has 1 aromatic heterocycles. The fourth-order valence-corrected chi connectivity index (χ4v) is 3.53. The lowest BCUT2D eigenvalue weighted by atomic mass is 10.1. The van der Waals surface area contributed by atoms with E-state index in [0.29, 0.717) is 13.1 Å². The van der Waals surface area contributed by atoms with Crippen LogP contribution < -0.4 is 15.3 Å². The second kappa shape index (κ2) is 8.33. The number of hydrogen-bond donors (Lipinski definition) is 2. The van der Waals surface area contributed by atoms with E-state index in [-0.39, 0.29) is 5.38 Å². The van der Waals surface area contributed by atoms with Gasteiger partial charge in [0.05, 0.1) is 23.2 Å². The molecule has 0 radical (unpaired) electrons. The highest BCUT2D eigenvalue weighted by atomic mass is 35.5. The molecule has 24 heavy (non-hydrogen) atoms. The van der Waals surface area contributed by atoms with E-state index in [1.807, 2.05) is 12.3 Å². The fraction of sp³-hybridized carbons (Fsp3) is 0.667. The van der Waals surface area contributed by atoms with Crippen molar-refractivity contribution in [3.05, 3.63) is 16.8 Å². The summed E-state index contributed by atoms with van der Waals surface area (Å²) in [5, 5.41) is 9.14. The first kappa shape index (κ1) is 19.2. The lowest BCUT2D eigenvalue weighted by Crippen LogP contribution is -2.41. The number of rotatable bonds is 9. The Morgan fingerprint density at radius 2 is 2.17 bits per heavy atom. The summed E-state index contributed by atoms with van der Waals surface area (Å²) in [7, 11) is -1.07. The number of likely N-dealkylation sites (N-methyl/N-ethyl adjacent to an activating group) is 2. The van der Waals surface area contributed by atoms with Gasteiger partial charge < -0.3 is 9.80 Å². The van der Waals surface area contributed by atoms with Crippen LogP contribution in [0.1, 0.15) is 13.3 Å². The van der Waals surface area contributed by atoms with Crippen LogP contribution in [-0.4, -0.2) is 79.8 Å². The van der Waals surface area contributed by atoms with Crippen molar-refractivity contribution in [1.29, 1.82) is 0 Å². The second-order valence-corrected chi connectivity index (χ2v) is 8.45. The zero-order valence-corrected chi connectivity index (χ0v) is 16.0. The van der Waals surface area contributed by atoms with E-state index in [2.05, 4.69) is 38.7 Å². The number of halogens is 1. The van der Waals surface area contributed by atoms with Crippen LogP contribution in [0.2, 0.25) is 0 Å². The number of hydrogen-bond acceptors (Lipinski definition) is 5. The van der Waals surface area contributed by atoms with Crippen LogP contribution in [0.3, 0.4) is 0 Å². The zero-order chi connectivity index (χ0) is 17.7. The van der Waals surface area contributed by atoms with Gasteiger partial charge in [0.15, 0.2) is 0 Å². The van der Waals surface area contributed by atoms with E-state index < -0.39 is 10.0 Å². The Balaban J connectivity index is 1.94. The molecule has 1 aromatic rings. The summed E-state index contributed by atoms with van der Waals surface area (Å²) in [5.74, 6) is 0. The maximum Gasteiger partial charge on any atom is 0.208 e. The van der Waals surface area contributed by atoms with Gasteiger partial charge in [-0.05, 0) is 12.6 Å². The maximum atomic E-state index is 11.1. The molecule has 0 spiro atoms. The monoisotopic (exact) mass is 375 g/mol. The van der Waals surface area contributed by atoms with Gasteiger partial charge in [-0.3, -0.25) is 5.10 Å². The molecule has 0 amide bonds. The molecule has 0 fully saturated rings. The number of nitrogens with zero attached hydrogens (tertiary/aromatic N) is 3. The molecule has 0 aliphatic heterocycles. The van der Waals surface area contributed by atoms with E-state index in [4.69, 9.17) is 11.6 Å². The van der Waals surface area contributed by atoms with E-state index in [9.17, 15) is 8.42 Å². The Bertz CT molecular complexity index is 761. The second-order valence-electron chi connectivity index (χ2n) is 6.05. The number of aromatic amines is 1. The lowest BCUT2D eigenvalue weighted by Gasteiger charge is -2.28. The summed E-state index contributed by atoms with van der Waals surface area (Å²) in [6.07, 6.45) is 5.80. The SMILES string of the molecule is CCN(CCNS(C)(=O)=O)CCN(C)C1=c2cn[nH]c2=CC(Cl)C1. The quantitative estimate of drug-likeness (QED) is 0.547. The van der Waals surface area contributed by atoms with Crippen molar-refractivity contribution in [2.75, 3.05) is 46.0 Å². The summed E-state index contributed by atoms with van der Waals surface area (Å²) < 4.78 is 24.8. The Hall–Kier alpha value is -1.09. The standard InChI is InChI=1S/C15H26ClN5O2S/c1-4-21(6-5-18-24(3,22)23)8-7-20(2)15-10-12(16)9-14-13(15)11-17-19-14/h9,11-12,18-19H,4-8,10H2,1-3H3. The molecular formula is C15H26ClN5O2S. The predicted octanol–water partition coefficient (Wildman–Crippen LogP) is -0.888. The Labute approximate surface area is 148 Å². The Morgan fingerprint density at radius 1 is 1.42 bits per heavy atom. The minimum Gasteiger partial charge on any atom is -0.376 e. The van der Waals surface area contributed by atoms with Crippen LogP contribution in [0.15, 0.2) is 6.20 Å². The topological polar surface area (TPSA) is 81.3 Å². The average Bonchev–Trinajstić information content (AvgIpc) is 2.96. The number of nitrogens with one attached hydrogen (secondary N) is 2. The number of alkyl halides is 1. The molecule has 136 valence electrons. The molecule has 7 nitrogen and oxygen atoms in total. The maximum absolute atomic E-state index is 11.1. The fourth-order valence-electron chi connectivity index (χ4n) is 2.79. The number of sulfonamides is 1. The summed E-state index contributed by atoms with van der Waals surface area (Å²) in [6.45, 7) is 5.76. The van der Waals surface area contributed by atoms with E-state index in [0.717, 1.165) is 36.6 Å². The van der Waals surface area contributed by atoms with Gasteiger partial charge in [0.1, 0.15) is 0 Å². The van der Waals surface area contributed by atoms with Crippen molar-refractivity contribution < 1.29 is 8.42 Å². The van der Waals surface area contributed by atoms with Crippen molar-refractivity contribution >= 4 is 33.4 Å². The first-order chi connectivity index (χ1) is 11.3. The van der Waals surface area contributed by atoms with Crippen molar-refractivity contribution in [3.63, 3.8) is 0 Å². The molecule has 1 aliphatic carbocycles. The summed E-state index contributed by atoms with van der Waals surface area (Å²) in [6, 6.07) is 0. The molecule has 9 heteroatoms. The van der Waals surface area contributed by atoms with Gasteiger partial charge in [-0.25, -0.2) is 13.1 Å². The third kappa shape index (κ3) is 5.47. The first-order valence-electron chi connectivity index (χ1n) is 8.06. The zero-order valence-electron chi connectivity index (χ0n) is 14.4. The molecule has 1 unspecified atom stereocenters. The lowest BCUT2D eigenvalue weighted by molar-refractivity contribution is 0.265. The Kier molecular flexibility index (Phi) is 6.68. The number of H-pyrrole nitrogens is 1. The van der Waals surface area contributed by atoms with E-state index in [1.54, 1.807) is 0 Å². The van der Waals surface area contributed by atoms with Gasteiger partial charge in [-0.1, -0.05) is 6.92 Å². The summed E-state index contributed by atoms with van der Waals surface area (Å²) in [4.78, 5) is 4.43. The van der Waals surface area contributed by atoms with Crippen LogP contribution in [0.5, 0.6) is 0 Å². The molecule has 1 heterocycles. The summed E-state index contributed by atoms with van der Waals surface area (Å²) in [5.41, 5.74) is 1.19. The highest BCUT2D eigenvalue weighted by Gasteiger charge is 2.17. The van der Waals surface area contributed by atoms with Crippen LogP contribution in [-0.2, 0) is 10.0 Å². The average molecular weight is 376 g/mol. The van der Waals surface area contributed by atoms with Crippen LogP contribution >= 0.6 is 11.6 Å². The third-order valence-corrected chi connectivity index (χ3v) is 5.18. The largest absolute Gasteiger partial charge is 0.376 e. The number of fused-ring (bicyclic) bond motifs is 1. The summed E-state index contributed by atoms with van der Waals surface area (Å²) >= 11 is 6.31. The smallest absolute Gasteiger partial charge is 0.208 e. The molecule has 0 aromatic carbocycles. The number of aromatic nitrogens is 2. The van der Waals surface area contributed by atoms with Crippen LogP contribution in [0.25, 0.3) is 11.8 Å². The van der Waals surface area contributed by atoms with Gasteiger partial charge in [-0.2, -0.15) is 5.10 Å². The highest BCUT2D eigenvalue weighted by molar-refractivity contribution is 7.88. The first-order valence-corrected chi connectivity index (χ1v) is 10.4. The molecule has 1 aliphatic rings. The van der Waals surface area contributed by atoms with Crippen molar-refractivity contribution in [2.24, 2.45) is 0 Å². The van der Waals surface area contributed by atoms with Gasteiger partial charge in [-0.15, -0.1) is 11.6 Å². The van der Waals surface area contributed by atoms with Gasteiger partial charge >= 0.3 is 0 Å². The van der Waals surface area contributed by atoms with Crippen LogP contribution in [0, 0.1) is 0 Å². The van der Waals surface area contributed by atoms with Crippen molar-refractivity contribution in [3.8, 4) is 0 Å². The van der Waals surface area contributed by atoms with Gasteiger partial charge in [0, 0.05) is 50.6 Å². The normalized spacial score (nSPS) is 17.7. The molecular weight excluding hydrogens is 350 g/mol. The molecule has 1 atom stereocenters. The minimum absolute atomic E-state index is 0.0309. The van der Waals surface area contributed by atoms with E-state index in [1.165, 1.54) is 12.0 Å². The molecule has 0 bridgehead atoms. The molecule has 2 N–H and O–H groups in total. The van der Waals surface area contributed by atoms with Gasteiger partial charge in [0.2, 0.25) is 10.0 Å². The predicted molar refractivity (Wildman–Crippen MR) is 97.6 cm³/mol.